The fraction of sp³-hybridized carbons (Fsp3) is 0.182. The molecule has 0 spiro atoms. The minimum Gasteiger partial charge on any atom is -0.497 e. The van der Waals surface area contributed by atoms with Crippen LogP contribution in [0.1, 0.15) is 27.5 Å². The average Bonchev–Trinajstić information content (AvgIpc) is 3.36. The third kappa shape index (κ3) is 4.70. The van der Waals surface area contributed by atoms with Crippen molar-refractivity contribution in [1.82, 2.24) is 20.0 Å². The molecule has 0 aliphatic rings. The molecule has 176 valence electrons. The number of amides is 1. The van der Waals surface area contributed by atoms with E-state index >= 15 is 0 Å². The Balaban J connectivity index is 1.48. The van der Waals surface area contributed by atoms with Crippen molar-refractivity contribution in [1.29, 1.82) is 0 Å². The van der Waals surface area contributed by atoms with Gasteiger partial charge in [0, 0.05) is 11.3 Å². The maximum atomic E-state index is 12.7. The van der Waals surface area contributed by atoms with Gasteiger partial charge in [0.05, 0.1) is 19.2 Å². The molecule has 3 N–H and O–H groups in total. The summed E-state index contributed by atoms with van der Waals surface area (Å²) in [6, 6.07) is 11.2. The second-order valence-electron chi connectivity index (χ2n) is 7.26. The molecule has 0 aliphatic carbocycles. The quantitative estimate of drug-likeness (QED) is 0.432. The third-order valence-electron chi connectivity index (χ3n) is 4.99. The van der Waals surface area contributed by atoms with Gasteiger partial charge in [0.2, 0.25) is 5.89 Å². The number of aryl methyl sites for hydroxylation is 1. The Morgan fingerprint density at radius 3 is 2.44 bits per heavy atom. The van der Waals surface area contributed by atoms with Gasteiger partial charge in [-0.05, 0) is 55.5 Å². The fourth-order valence-corrected chi connectivity index (χ4v) is 3.11. The van der Waals surface area contributed by atoms with Crippen molar-refractivity contribution in [3.8, 4) is 17.2 Å². The summed E-state index contributed by atoms with van der Waals surface area (Å²) >= 11 is 0. The van der Waals surface area contributed by atoms with Crippen molar-refractivity contribution in [2.24, 2.45) is 0 Å². The van der Waals surface area contributed by atoms with E-state index in [-0.39, 0.29) is 23.7 Å². The normalized spacial score (nSPS) is 11.4. The number of carbonyl (C=O) groups is 1. The van der Waals surface area contributed by atoms with Crippen LogP contribution in [-0.4, -0.2) is 33.0 Å². The number of alkyl halides is 3. The van der Waals surface area contributed by atoms with Crippen LogP contribution >= 0.6 is 0 Å². The minimum atomic E-state index is -4.47. The van der Waals surface area contributed by atoms with Crippen LogP contribution in [0.15, 0.2) is 52.9 Å². The van der Waals surface area contributed by atoms with Gasteiger partial charge in [-0.15, -0.1) is 5.10 Å². The lowest BCUT2D eigenvalue weighted by molar-refractivity contribution is -0.137. The highest BCUT2D eigenvalue weighted by atomic mass is 19.4. The molecule has 0 aliphatic heterocycles. The van der Waals surface area contributed by atoms with Crippen molar-refractivity contribution in [2.45, 2.75) is 19.6 Å². The number of hydrogen-bond acceptors (Lipinski definition) is 7. The number of nitrogens with one attached hydrogen (secondary N) is 1. The largest absolute Gasteiger partial charge is 0.497 e. The van der Waals surface area contributed by atoms with Gasteiger partial charge >= 0.3 is 6.18 Å². The van der Waals surface area contributed by atoms with Gasteiger partial charge < -0.3 is 20.2 Å². The summed E-state index contributed by atoms with van der Waals surface area (Å²) in [6.07, 6.45) is -4.47. The van der Waals surface area contributed by atoms with Gasteiger partial charge in [-0.25, -0.2) is 9.67 Å². The predicted molar refractivity (Wildman–Crippen MR) is 116 cm³/mol. The van der Waals surface area contributed by atoms with Gasteiger partial charge in [-0.2, -0.15) is 13.2 Å². The Labute approximate surface area is 191 Å². The summed E-state index contributed by atoms with van der Waals surface area (Å²) in [5, 5.41) is 10.2. The Hall–Kier alpha value is -4.35. The molecule has 0 saturated carbocycles. The molecule has 0 unspecified atom stereocenters. The highest BCUT2D eigenvalue weighted by Gasteiger charge is 2.30. The molecule has 9 nitrogen and oxygen atoms in total. The van der Waals surface area contributed by atoms with Crippen LogP contribution in [0.5, 0.6) is 5.75 Å². The van der Waals surface area contributed by atoms with Crippen LogP contribution in [0.4, 0.5) is 24.7 Å². The van der Waals surface area contributed by atoms with Crippen LogP contribution in [-0.2, 0) is 12.7 Å². The molecule has 12 heteroatoms. The molecule has 0 atom stereocenters. The topological polar surface area (TPSA) is 121 Å². The van der Waals surface area contributed by atoms with E-state index < -0.39 is 17.6 Å². The van der Waals surface area contributed by atoms with E-state index in [0.717, 1.165) is 29.8 Å². The molecule has 0 fully saturated rings. The molecule has 4 rings (SSSR count). The first kappa shape index (κ1) is 22.8. The van der Waals surface area contributed by atoms with E-state index in [1.165, 1.54) is 4.68 Å². The van der Waals surface area contributed by atoms with Crippen LogP contribution in [0.2, 0.25) is 0 Å². The zero-order chi connectivity index (χ0) is 24.5. The maximum absolute atomic E-state index is 12.7. The highest BCUT2D eigenvalue weighted by molar-refractivity contribution is 6.05. The molecule has 34 heavy (non-hydrogen) atoms. The maximum Gasteiger partial charge on any atom is 0.416 e. The molecule has 0 saturated heterocycles. The first-order valence-electron chi connectivity index (χ1n) is 9.94. The number of carbonyl (C=O) groups excluding carboxylic acids is 1. The highest BCUT2D eigenvalue weighted by Crippen LogP contribution is 2.30. The van der Waals surface area contributed by atoms with Crippen molar-refractivity contribution in [3.05, 3.63) is 71.2 Å². The van der Waals surface area contributed by atoms with E-state index in [0.29, 0.717) is 23.1 Å². The first-order chi connectivity index (χ1) is 16.2. The number of nitrogen functional groups attached to an aromatic ring is 1. The van der Waals surface area contributed by atoms with Crippen molar-refractivity contribution >= 4 is 17.4 Å². The van der Waals surface area contributed by atoms with E-state index in [1.54, 1.807) is 38.3 Å². The average molecular weight is 472 g/mol. The van der Waals surface area contributed by atoms with Crippen molar-refractivity contribution in [2.75, 3.05) is 18.2 Å². The Bertz CT molecular complexity index is 1310. The van der Waals surface area contributed by atoms with Crippen molar-refractivity contribution in [3.63, 3.8) is 0 Å². The number of nitrogens with zero attached hydrogens (tertiary/aromatic N) is 4. The van der Waals surface area contributed by atoms with Gasteiger partial charge in [-0.3, -0.25) is 4.79 Å². The summed E-state index contributed by atoms with van der Waals surface area (Å²) in [5.74, 6) is 0.896. The number of hydrogen-bond donors (Lipinski definition) is 2. The number of benzene rings is 2. The van der Waals surface area contributed by atoms with Crippen LogP contribution in [0.3, 0.4) is 0 Å². The standard InChI is InChI=1S/C22H19F3N6O3/c1-12-17(28-21(34-12)13-3-9-16(33-2)10-4-13)11-31-19(26)18(29-30-31)20(32)27-15-7-5-14(6-8-15)22(23,24)25/h3-10H,11,26H2,1-2H3,(H,27,32). The van der Waals surface area contributed by atoms with E-state index in [1.807, 2.05) is 0 Å². The predicted octanol–water partition coefficient (Wildman–Crippen LogP) is 4.15. The lowest BCUT2D eigenvalue weighted by Crippen LogP contribution is -2.15. The number of halogens is 3. The number of nitrogens with two attached hydrogens (primary N) is 1. The third-order valence-corrected chi connectivity index (χ3v) is 4.99. The Kier molecular flexibility index (Phi) is 5.97. The molecule has 2 heterocycles. The molecule has 4 aromatic rings. The second kappa shape index (κ2) is 8.89. The van der Waals surface area contributed by atoms with E-state index in [9.17, 15) is 18.0 Å². The zero-order valence-corrected chi connectivity index (χ0v) is 18.1. The summed E-state index contributed by atoms with van der Waals surface area (Å²) in [6.45, 7) is 1.83. The number of ether oxygens (including phenoxy) is 1. The number of rotatable bonds is 6. The fourth-order valence-electron chi connectivity index (χ4n) is 3.11. The lowest BCUT2D eigenvalue weighted by Gasteiger charge is -2.08. The molecule has 2 aromatic heterocycles. The molecule has 0 bridgehead atoms. The molecular formula is C22H19F3N6O3. The number of oxazole rings is 1. The van der Waals surface area contributed by atoms with Crippen LogP contribution in [0.25, 0.3) is 11.5 Å². The van der Waals surface area contributed by atoms with Crippen molar-refractivity contribution < 1.29 is 27.1 Å². The summed E-state index contributed by atoms with van der Waals surface area (Å²) in [4.78, 5) is 17.0. The molecular weight excluding hydrogens is 453 g/mol. The lowest BCUT2D eigenvalue weighted by atomic mass is 10.2. The Morgan fingerprint density at radius 2 is 1.82 bits per heavy atom. The Morgan fingerprint density at radius 1 is 1.15 bits per heavy atom. The molecule has 0 radical (unpaired) electrons. The first-order valence-corrected chi connectivity index (χ1v) is 9.94. The number of methoxy groups -OCH3 is 1. The zero-order valence-electron chi connectivity index (χ0n) is 18.1. The summed E-state index contributed by atoms with van der Waals surface area (Å²) in [7, 11) is 1.57. The SMILES string of the molecule is COc1ccc(-c2nc(Cn3nnc(C(=O)Nc4ccc(C(F)(F)F)cc4)c3N)c(C)o2)cc1. The van der Waals surface area contributed by atoms with Gasteiger partial charge in [0.1, 0.15) is 17.2 Å². The monoisotopic (exact) mass is 472 g/mol. The van der Waals surface area contributed by atoms with Crippen LogP contribution < -0.4 is 15.8 Å². The molecule has 2 aromatic carbocycles. The van der Waals surface area contributed by atoms with Gasteiger partial charge in [0.15, 0.2) is 11.5 Å². The molecule has 1 amide bonds. The second-order valence-corrected chi connectivity index (χ2v) is 7.26. The van der Waals surface area contributed by atoms with Gasteiger partial charge in [-0.1, -0.05) is 5.21 Å². The van der Waals surface area contributed by atoms with E-state index in [4.69, 9.17) is 14.9 Å². The summed E-state index contributed by atoms with van der Waals surface area (Å²) in [5.41, 5.74) is 6.49. The smallest absolute Gasteiger partial charge is 0.416 e. The number of aromatic nitrogens is 4. The minimum absolute atomic E-state index is 0.0298. The van der Waals surface area contributed by atoms with E-state index in [2.05, 4.69) is 20.6 Å². The summed E-state index contributed by atoms with van der Waals surface area (Å²) < 4.78 is 50.3. The number of anilines is 2. The van der Waals surface area contributed by atoms with Gasteiger partial charge in [0.25, 0.3) is 5.91 Å². The van der Waals surface area contributed by atoms with Crippen LogP contribution in [0, 0.1) is 6.92 Å².